The lowest BCUT2D eigenvalue weighted by molar-refractivity contribution is -0.136. The van der Waals surface area contributed by atoms with E-state index in [1.807, 2.05) is 18.2 Å². The van der Waals surface area contributed by atoms with Gasteiger partial charge < -0.3 is 19.8 Å². The van der Waals surface area contributed by atoms with Crippen molar-refractivity contribution in [3.63, 3.8) is 0 Å². The number of phenolic OH excluding ortho intramolecular Hbond substituents is 1. The number of imide groups is 1. The Morgan fingerprint density at radius 1 is 0.712 bits per heavy atom. The van der Waals surface area contributed by atoms with Crippen LogP contribution < -0.4 is 15.1 Å². The third kappa shape index (κ3) is 6.35. The van der Waals surface area contributed by atoms with E-state index in [4.69, 9.17) is 0 Å². The first-order valence-corrected chi connectivity index (χ1v) is 19.8. The fraction of sp³-hybridized carbons (Fsp3) is 0.512. The van der Waals surface area contributed by atoms with Gasteiger partial charge in [-0.2, -0.15) is 0 Å². The Balaban J connectivity index is 0.768. The molecule has 0 bridgehead atoms. The molecule has 0 radical (unpaired) electrons. The summed E-state index contributed by atoms with van der Waals surface area (Å²) in [5, 5.41) is 12.6. The van der Waals surface area contributed by atoms with Crippen LogP contribution in [0, 0.1) is 17.8 Å². The van der Waals surface area contributed by atoms with E-state index < -0.39 is 6.04 Å². The zero-order chi connectivity index (χ0) is 35.3. The van der Waals surface area contributed by atoms with E-state index in [-0.39, 0.29) is 24.1 Å². The highest BCUT2D eigenvalue weighted by molar-refractivity contribution is 6.05. The minimum Gasteiger partial charge on any atom is -0.508 e. The molecule has 0 aromatic heterocycles. The van der Waals surface area contributed by atoms with E-state index in [9.17, 15) is 19.5 Å². The third-order valence-electron chi connectivity index (χ3n) is 13.4. The summed E-state index contributed by atoms with van der Waals surface area (Å²) < 4.78 is 0. The van der Waals surface area contributed by atoms with E-state index in [0.29, 0.717) is 42.0 Å². The number of nitrogens with zero attached hydrogens (tertiary/aromatic N) is 4. The lowest BCUT2D eigenvalue weighted by atomic mass is 9.62. The molecule has 3 saturated heterocycles. The number of piperidine rings is 2. The molecule has 9 nitrogen and oxygen atoms in total. The van der Waals surface area contributed by atoms with Crippen LogP contribution in [0.5, 0.6) is 5.75 Å². The molecule has 3 aromatic carbocycles. The second-order valence-corrected chi connectivity index (χ2v) is 16.3. The Hall–Kier alpha value is -4.37. The van der Waals surface area contributed by atoms with Crippen molar-refractivity contribution in [1.29, 1.82) is 0 Å². The van der Waals surface area contributed by atoms with Crippen LogP contribution in [0.3, 0.4) is 0 Å². The van der Waals surface area contributed by atoms with Crippen molar-refractivity contribution in [3.05, 3.63) is 88.5 Å². The normalized spacial score (nSPS) is 25.9. The first kappa shape index (κ1) is 33.5. The van der Waals surface area contributed by atoms with Crippen molar-refractivity contribution >= 4 is 29.1 Å². The number of nitrogens with one attached hydrogen (secondary N) is 1. The molecular weight excluding hydrogens is 651 g/mol. The average Bonchev–Trinajstić information content (AvgIpc) is 3.46. The number of hydrogen-bond donors (Lipinski definition) is 2. The summed E-state index contributed by atoms with van der Waals surface area (Å²) in [6.45, 7) is 7.76. The molecule has 4 fully saturated rings. The van der Waals surface area contributed by atoms with Gasteiger partial charge in [0.2, 0.25) is 11.8 Å². The molecule has 52 heavy (non-hydrogen) atoms. The Kier molecular flexibility index (Phi) is 8.93. The van der Waals surface area contributed by atoms with Crippen molar-refractivity contribution in [3.8, 4) is 5.75 Å². The zero-order valence-corrected chi connectivity index (χ0v) is 30.1. The number of aromatic hydroxyl groups is 1. The fourth-order valence-electron chi connectivity index (χ4n) is 10.2. The number of amides is 3. The lowest BCUT2D eigenvalue weighted by Gasteiger charge is -2.43. The minimum atomic E-state index is -0.580. The highest BCUT2D eigenvalue weighted by atomic mass is 16.3. The number of hydrogen-bond acceptors (Lipinski definition) is 7. The number of aryl methyl sites for hydroxylation is 1. The van der Waals surface area contributed by atoms with Gasteiger partial charge in [0, 0.05) is 81.6 Å². The van der Waals surface area contributed by atoms with Crippen molar-refractivity contribution < 1.29 is 19.5 Å². The van der Waals surface area contributed by atoms with Gasteiger partial charge in [-0.05, 0) is 115 Å². The molecule has 2 aliphatic carbocycles. The summed E-state index contributed by atoms with van der Waals surface area (Å²) in [6, 6.07) is 21.1. The summed E-state index contributed by atoms with van der Waals surface area (Å²) >= 11 is 0. The number of phenols is 1. The molecule has 4 heterocycles. The number of anilines is 2. The van der Waals surface area contributed by atoms with Crippen LogP contribution in [0.4, 0.5) is 11.4 Å². The molecular formula is C43H51N5O4. The molecule has 3 aromatic rings. The molecule has 9 heteroatoms. The number of benzene rings is 3. The quantitative estimate of drug-likeness (QED) is 0.306. The van der Waals surface area contributed by atoms with Crippen LogP contribution in [0.15, 0.2) is 60.7 Å². The minimum absolute atomic E-state index is 0.116. The molecule has 1 unspecified atom stereocenters. The number of carbonyl (C=O) groups is 3. The standard InChI is InChI=1S/C43H51N5O4/c49-35-10-13-37-31(25-35)6-11-36(29-2-1-3-29)41(37)30-4-7-33(8-5-30)46-18-16-28(17-19-46)26-45-20-22-47(23-21-45)34-9-12-38-32(24-34)27-48(43(38)52)39-14-15-40(50)44-42(39)51/h4-5,7-10,12-13,24-25,28-29,36,39,41,49H,1-3,6,11,14-23,26-27H2,(H,44,50,51)/t36-,39?,41+/m0/s1. The zero-order valence-electron chi connectivity index (χ0n) is 30.1. The van der Waals surface area contributed by atoms with E-state index in [2.05, 4.69) is 62.5 Å². The van der Waals surface area contributed by atoms with Gasteiger partial charge in [0.05, 0.1) is 0 Å². The van der Waals surface area contributed by atoms with Crippen LogP contribution in [-0.4, -0.2) is 84.5 Å². The molecule has 9 rings (SSSR count). The smallest absolute Gasteiger partial charge is 0.255 e. The number of piperazine rings is 1. The largest absolute Gasteiger partial charge is 0.508 e. The Bertz CT molecular complexity index is 1840. The van der Waals surface area contributed by atoms with Crippen LogP contribution in [0.1, 0.15) is 89.9 Å². The number of carbonyl (C=O) groups excluding carboxylic acids is 3. The molecule has 272 valence electrons. The van der Waals surface area contributed by atoms with Crippen LogP contribution in [0.2, 0.25) is 0 Å². The highest BCUT2D eigenvalue weighted by Crippen LogP contribution is 2.50. The van der Waals surface area contributed by atoms with E-state index in [1.165, 1.54) is 60.9 Å². The molecule has 1 saturated carbocycles. The van der Waals surface area contributed by atoms with Gasteiger partial charge in [-0.1, -0.05) is 37.5 Å². The van der Waals surface area contributed by atoms with Gasteiger partial charge in [-0.3, -0.25) is 24.6 Å². The summed E-state index contributed by atoms with van der Waals surface area (Å²) in [5.74, 6) is 2.32. The molecule has 2 N–H and O–H groups in total. The van der Waals surface area contributed by atoms with Gasteiger partial charge in [-0.25, -0.2) is 0 Å². The van der Waals surface area contributed by atoms with Crippen molar-refractivity contribution in [2.75, 3.05) is 55.6 Å². The number of rotatable bonds is 7. The van der Waals surface area contributed by atoms with Gasteiger partial charge in [0.1, 0.15) is 11.8 Å². The first-order chi connectivity index (χ1) is 25.4. The van der Waals surface area contributed by atoms with Gasteiger partial charge in [-0.15, -0.1) is 0 Å². The van der Waals surface area contributed by atoms with Gasteiger partial charge >= 0.3 is 0 Å². The van der Waals surface area contributed by atoms with Gasteiger partial charge in [0.15, 0.2) is 0 Å². The average molecular weight is 702 g/mol. The summed E-state index contributed by atoms with van der Waals surface area (Å²) in [4.78, 5) is 46.5. The fourth-order valence-corrected chi connectivity index (χ4v) is 10.2. The highest BCUT2D eigenvalue weighted by Gasteiger charge is 2.40. The van der Waals surface area contributed by atoms with Crippen molar-refractivity contribution in [1.82, 2.24) is 15.1 Å². The van der Waals surface area contributed by atoms with E-state index in [1.54, 1.807) is 4.90 Å². The topological polar surface area (TPSA) is 96.4 Å². The predicted octanol–water partition coefficient (Wildman–Crippen LogP) is 5.69. The Morgan fingerprint density at radius 2 is 1.46 bits per heavy atom. The second kappa shape index (κ2) is 13.9. The lowest BCUT2D eigenvalue weighted by Crippen LogP contribution is -2.52. The van der Waals surface area contributed by atoms with Crippen LogP contribution >= 0.6 is 0 Å². The maximum absolute atomic E-state index is 13.1. The third-order valence-corrected chi connectivity index (χ3v) is 13.4. The monoisotopic (exact) mass is 701 g/mol. The Labute approximate surface area is 307 Å². The summed E-state index contributed by atoms with van der Waals surface area (Å²) in [7, 11) is 0. The summed E-state index contributed by atoms with van der Waals surface area (Å²) in [6.07, 6.45) is 9.49. The molecule has 3 atom stereocenters. The molecule has 3 amide bonds. The maximum atomic E-state index is 13.1. The number of fused-ring (bicyclic) bond motifs is 2. The predicted molar refractivity (Wildman–Crippen MR) is 202 cm³/mol. The molecule has 6 aliphatic rings. The van der Waals surface area contributed by atoms with Crippen molar-refractivity contribution in [2.24, 2.45) is 17.8 Å². The molecule has 0 spiro atoms. The van der Waals surface area contributed by atoms with Crippen LogP contribution in [0.25, 0.3) is 0 Å². The van der Waals surface area contributed by atoms with Gasteiger partial charge in [0.25, 0.3) is 5.91 Å². The van der Waals surface area contributed by atoms with E-state index >= 15 is 0 Å². The Morgan fingerprint density at radius 3 is 2.19 bits per heavy atom. The van der Waals surface area contributed by atoms with Crippen LogP contribution in [-0.2, 0) is 22.6 Å². The van der Waals surface area contributed by atoms with E-state index in [0.717, 1.165) is 69.4 Å². The van der Waals surface area contributed by atoms with Crippen molar-refractivity contribution in [2.45, 2.75) is 76.3 Å². The molecule has 4 aliphatic heterocycles. The summed E-state index contributed by atoms with van der Waals surface area (Å²) in [5.41, 5.74) is 8.31. The second-order valence-electron chi connectivity index (χ2n) is 16.3. The SMILES string of the molecule is O=C1CCC(N2Cc3cc(N4CCN(CC5CCN(c6ccc([C@H]7c8ccc(O)cc8CC[C@H]7C7CCC7)cc6)CC5)CC4)ccc3C2=O)C(=O)N1. The maximum Gasteiger partial charge on any atom is 0.255 e. The first-order valence-electron chi connectivity index (χ1n) is 19.8.